The van der Waals surface area contributed by atoms with Crippen molar-refractivity contribution in [2.45, 2.75) is 26.7 Å². The summed E-state index contributed by atoms with van der Waals surface area (Å²) in [5.41, 5.74) is 2.79. The second-order valence-corrected chi connectivity index (χ2v) is 7.14. The fourth-order valence-electron chi connectivity index (χ4n) is 3.47. The van der Waals surface area contributed by atoms with E-state index < -0.39 is 0 Å². The lowest BCUT2D eigenvalue weighted by Gasteiger charge is -2.33. The zero-order chi connectivity index (χ0) is 16.4. The van der Waals surface area contributed by atoms with Crippen molar-refractivity contribution in [2.24, 2.45) is 5.41 Å². The average Bonchev–Trinajstić information content (AvgIpc) is 2.54. The molecule has 0 fully saturated rings. The molecule has 0 aromatic heterocycles. The number of methoxy groups -OCH3 is 1. The van der Waals surface area contributed by atoms with Crippen molar-refractivity contribution in [3.63, 3.8) is 0 Å². The highest BCUT2D eigenvalue weighted by Gasteiger charge is 2.29. The van der Waals surface area contributed by atoms with Crippen LogP contribution >= 0.6 is 0 Å². The van der Waals surface area contributed by atoms with E-state index in [9.17, 15) is 0 Å². The maximum atomic E-state index is 5.44. The van der Waals surface area contributed by atoms with Crippen LogP contribution in [0.2, 0.25) is 0 Å². The van der Waals surface area contributed by atoms with E-state index in [-0.39, 0.29) is 5.41 Å². The molecule has 3 aromatic carbocycles. The number of rotatable bonds is 3. The number of fused-ring (bicyclic) bond motifs is 1. The minimum Gasteiger partial charge on any atom is -0.497 e. The summed E-state index contributed by atoms with van der Waals surface area (Å²) in [4.78, 5) is 0. The zero-order valence-electron chi connectivity index (χ0n) is 14.3. The predicted octanol–water partition coefficient (Wildman–Crippen LogP) is 6.03. The van der Waals surface area contributed by atoms with Gasteiger partial charge in [-0.05, 0) is 39.4 Å². The summed E-state index contributed by atoms with van der Waals surface area (Å²) in [6.45, 7) is 6.91. The Bertz CT molecular complexity index is 806. The first-order valence-electron chi connectivity index (χ1n) is 8.12. The van der Waals surface area contributed by atoms with Crippen LogP contribution in [0.25, 0.3) is 10.8 Å². The van der Waals surface area contributed by atoms with Crippen LogP contribution < -0.4 is 4.74 Å². The Morgan fingerprint density at radius 3 is 2.26 bits per heavy atom. The summed E-state index contributed by atoms with van der Waals surface area (Å²) in [5.74, 6) is 1.22. The van der Waals surface area contributed by atoms with Gasteiger partial charge in [0.15, 0.2) is 0 Å². The first-order chi connectivity index (χ1) is 11.0. The fourth-order valence-corrected chi connectivity index (χ4v) is 3.47. The topological polar surface area (TPSA) is 9.23 Å². The van der Waals surface area contributed by atoms with Crippen LogP contribution in [-0.2, 0) is 0 Å². The van der Waals surface area contributed by atoms with Crippen LogP contribution in [0.4, 0.5) is 0 Å². The third kappa shape index (κ3) is 3.10. The van der Waals surface area contributed by atoms with Crippen LogP contribution in [0, 0.1) is 5.41 Å². The molecule has 0 saturated carbocycles. The second-order valence-electron chi connectivity index (χ2n) is 7.14. The van der Waals surface area contributed by atoms with E-state index in [1.807, 2.05) is 6.07 Å². The van der Waals surface area contributed by atoms with E-state index in [1.165, 1.54) is 21.9 Å². The Labute approximate surface area is 138 Å². The highest BCUT2D eigenvalue weighted by Crippen LogP contribution is 2.43. The van der Waals surface area contributed by atoms with Gasteiger partial charge < -0.3 is 4.74 Å². The van der Waals surface area contributed by atoms with Crippen molar-refractivity contribution < 1.29 is 4.74 Å². The highest BCUT2D eigenvalue weighted by atomic mass is 16.5. The summed E-state index contributed by atoms with van der Waals surface area (Å²) in [7, 11) is 1.73. The molecular weight excluding hydrogens is 280 g/mol. The Morgan fingerprint density at radius 2 is 1.52 bits per heavy atom. The molecule has 1 unspecified atom stereocenters. The quantitative estimate of drug-likeness (QED) is 0.574. The van der Waals surface area contributed by atoms with Crippen molar-refractivity contribution in [2.75, 3.05) is 7.11 Å². The molecule has 0 radical (unpaired) electrons. The van der Waals surface area contributed by atoms with E-state index in [2.05, 4.69) is 81.4 Å². The van der Waals surface area contributed by atoms with E-state index >= 15 is 0 Å². The SMILES string of the molecule is COc1cccc(C(c2cccc3ccccc23)C(C)(C)C)c1. The van der Waals surface area contributed by atoms with E-state index in [0.29, 0.717) is 5.92 Å². The van der Waals surface area contributed by atoms with Gasteiger partial charge in [0.1, 0.15) is 5.75 Å². The Morgan fingerprint density at radius 1 is 0.826 bits per heavy atom. The summed E-state index contributed by atoms with van der Waals surface area (Å²) < 4.78 is 5.44. The van der Waals surface area contributed by atoms with Gasteiger partial charge in [-0.25, -0.2) is 0 Å². The molecule has 0 amide bonds. The molecule has 0 heterocycles. The summed E-state index contributed by atoms with van der Waals surface area (Å²) in [6.07, 6.45) is 0. The minimum atomic E-state index is 0.108. The molecule has 0 aliphatic heterocycles. The molecule has 118 valence electrons. The molecule has 0 bridgehead atoms. The molecule has 1 nitrogen and oxygen atoms in total. The van der Waals surface area contributed by atoms with Gasteiger partial charge in [0.25, 0.3) is 0 Å². The lowest BCUT2D eigenvalue weighted by Crippen LogP contribution is -2.20. The number of hydrogen-bond donors (Lipinski definition) is 0. The van der Waals surface area contributed by atoms with E-state index in [4.69, 9.17) is 4.74 Å². The lowest BCUT2D eigenvalue weighted by molar-refractivity contribution is 0.358. The maximum absolute atomic E-state index is 5.44. The molecular formula is C22H24O. The lowest BCUT2D eigenvalue weighted by atomic mass is 9.71. The minimum absolute atomic E-state index is 0.108. The number of benzene rings is 3. The summed E-state index contributed by atoms with van der Waals surface area (Å²) in [6, 6.07) is 23.7. The predicted molar refractivity (Wildman–Crippen MR) is 98.2 cm³/mol. The van der Waals surface area contributed by atoms with Gasteiger partial charge in [0, 0.05) is 5.92 Å². The number of hydrogen-bond acceptors (Lipinski definition) is 1. The first-order valence-corrected chi connectivity index (χ1v) is 8.12. The molecule has 0 N–H and O–H groups in total. The monoisotopic (exact) mass is 304 g/mol. The molecule has 3 rings (SSSR count). The molecule has 1 atom stereocenters. The van der Waals surface area contributed by atoms with Gasteiger partial charge in [0.2, 0.25) is 0 Å². The Kier molecular flexibility index (Phi) is 4.12. The van der Waals surface area contributed by atoms with Crippen LogP contribution in [0.15, 0.2) is 66.7 Å². The summed E-state index contributed by atoms with van der Waals surface area (Å²) in [5, 5.41) is 2.62. The first kappa shape index (κ1) is 15.6. The third-order valence-corrected chi connectivity index (χ3v) is 4.43. The average molecular weight is 304 g/mol. The second kappa shape index (κ2) is 6.08. The van der Waals surface area contributed by atoms with Crippen molar-refractivity contribution >= 4 is 10.8 Å². The molecule has 0 spiro atoms. The molecule has 23 heavy (non-hydrogen) atoms. The van der Waals surface area contributed by atoms with Crippen molar-refractivity contribution in [3.05, 3.63) is 77.9 Å². The Hall–Kier alpha value is -2.28. The largest absolute Gasteiger partial charge is 0.497 e. The molecule has 0 aliphatic rings. The third-order valence-electron chi connectivity index (χ3n) is 4.43. The van der Waals surface area contributed by atoms with E-state index in [1.54, 1.807) is 7.11 Å². The van der Waals surface area contributed by atoms with Crippen LogP contribution in [0.3, 0.4) is 0 Å². The van der Waals surface area contributed by atoms with Gasteiger partial charge in [-0.1, -0.05) is 75.4 Å². The van der Waals surface area contributed by atoms with E-state index in [0.717, 1.165) is 5.75 Å². The highest BCUT2D eigenvalue weighted by molar-refractivity contribution is 5.86. The van der Waals surface area contributed by atoms with Gasteiger partial charge in [-0.3, -0.25) is 0 Å². The van der Waals surface area contributed by atoms with Crippen molar-refractivity contribution in [1.82, 2.24) is 0 Å². The molecule has 0 aliphatic carbocycles. The van der Waals surface area contributed by atoms with Gasteiger partial charge >= 0.3 is 0 Å². The van der Waals surface area contributed by atoms with Crippen LogP contribution in [0.5, 0.6) is 5.75 Å². The summed E-state index contributed by atoms with van der Waals surface area (Å²) >= 11 is 0. The molecule has 1 heteroatoms. The maximum Gasteiger partial charge on any atom is 0.119 e. The van der Waals surface area contributed by atoms with Crippen molar-refractivity contribution in [1.29, 1.82) is 0 Å². The number of ether oxygens (including phenoxy) is 1. The smallest absolute Gasteiger partial charge is 0.119 e. The van der Waals surface area contributed by atoms with Gasteiger partial charge in [-0.15, -0.1) is 0 Å². The Balaban J connectivity index is 2.23. The van der Waals surface area contributed by atoms with Crippen LogP contribution in [0.1, 0.15) is 37.8 Å². The van der Waals surface area contributed by atoms with Crippen molar-refractivity contribution in [3.8, 4) is 5.75 Å². The van der Waals surface area contributed by atoms with Gasteiger partial charge in [-0.2, -0.15) is 0 Å². The zero-order valence-corrected chi connectivity index (χ0v) is 14.3. The molecule has 0 saturated heterocycles. The fraction of sp³-hybridized carbons (Fsp3) is 0.273. The standard InChI is InChI=1S/C22H24O/c1-22(2,3)21(17-11-7-12-18(15-17)23-4)20-14-8-10-16-9-5-6-13-19(16)20/h5-15,21H,1-4H3. The normalized spacial score (nSPS) is 13.0. The molecule has 3 aromatic rings. The van der Waals surface area contributed by atoms with Crippen LogP contribution in [-0.4, -0.2) is 7.11 Å². The van der Waals surface area contributed by atoms with Gasteiger partial charge in [0.05, 0.1) is 7.11 Å².